The predicted octanol–water partition coefficient (Wildman–Crippen LogP) is 3.21. The topological polar surface area (TPSA) is 9.23 Å². The first-order valence-electron chi connectivity index (χ1n) is 4.97. The summed E-state index contributed by atoms with van der Waals surface area (Å²) in [5.41, 5.74) is 2.67. The Bertz CT molecular complexity index is 266. The Hall–Kier alpha value is -0.980. The van der Waals surface area contributed by atoms with E-state index in [0.717, 1.165) is 18.6 Å². The van der Waals surface area contributed by atoms with Crippen molar-refractivity contribution in [2.45, 2.75) is 33.1 Å². The summed E-state index contributed by atoms with van der Waals surface area (Å²) >= 11 is 0. The monoisotopic (exact) mass is 178 g/mol. The Morgan fingerprint density at radius 1 is 1.23 bits per heavy atom. The van der Waals surface area contributed by atoms with Crippen LogP contribution in [0.5, 0.6) is 5.75 Å². The van der Waals surface area contributed by atoms with Crippen LogP contribution in [-0.2, 0) is 12.8 Å². The third-order valence-corrected chi connectivity index (χ3v) is 2.27. The van der Waals surface area contributed by atoms with Gasteiger partial charge in [-0.05, 0) is 30.0 Å². The summed E-state index contributed by atoms with van der Waals surface area (Å²) in [6.07, 6.45) is 3.37. The zero-order chi connectivity index (χ0) is 9.68. The number of rotatable bonds is 4. The minimum Gasteiger partial charge on any atom is -0.496 e. The largest absolute Gasteiger partial charge is 0.496 e. The summed E-state index contributed by atoms with van der Waals surface area (Å²) in [5.74, 6) is 1.04. The Kier molecular flexibility index (Phi) is 3.81. The average Bonchev–Trinajstić information content (AvgIpc) is 2.18. The van der Waals surface area contributed by atoms with Crippen molar-refractivity contribution in [3.63, 3.8) is 0 Å². The molecule has 72 valence electrons. The van der Waals surface area contributed by atoms with Crippen molar-refractivity contribution < 1.29 is 4.74 Å². The minimum absolute atomic E-state index is 1.04. The molecule has 0 N–H and O–H groups in total. The van der Waals surface area contributed by atoms with Crippen molar-refractivity contribution in [1.82, 2.24) is 0 Å². The van der Waals surface area contributed by atoms with Crippen LogP contribution in [0.3, 0.4) is 0 Å². The summed E-state index contributed by atoms with van der Waals surface area (Å²) < 4.78 is 5.32. The van der Waals surface area contributed by atoms with E-state index in [1.807, 2.05) is 0 Å². The van der Waals surface area contributed by atoms with Crippen LogP contribution in [0.25, 0.3) is 0 Å². The lowest BCUT2D eigenvalue weighted by Crippen LogP contribution is -1.92. The fraction of sp³-hybridized carbons (Fsp3) is 0.500. The molecule has 0 fully saturated rings. The second kappa shape index (κ2) is 4.90. The molecule has 1 aromatic rings. The first-order valence-corrected chi connectivity index (χ1v) is 4.97. The molecule has 1 heteroatoms. The number of hydrogen-bond acceptors (Lipinski definition) is 1. The van der Waals surface area contributed by atoms with Gasteiger partial charge in [0, 0.05) is 0 Å². The van der Waals surface area contributed by atoms with Crippen LogP contribution in [0, 0.1) is 0 Å². The quantitative estimate of drug-likeness (QED) is 0.688. The maximum absolute atomic E-state index is 5.32. The van der Waals surface area contributed by atoms with Gasteiger partial charge in [-0.3, -0.25) is 0 Å². The number of ether oxygens (including phenoxy) is 1. The molecule has 13 heavy (non-hydrogen) atoms. The SMILES string of the molecule is CCCc1ccc(CC)c(OC)c1. The van der Waals surface area contributed by atoms with Gasteiger partial charge < -0.3 is 4.74 Å². The van der Waals surface area contributed by atoms with E-state index in [4.69, 9.17) is 4.74 Å². The maximum atomic E-state index is 5.32. The zero-order valence-electron chi connectivity index (χ0n) is 8.76. The Labute approximate surface area is 80.7 Å². The average molecular weight is 178 g/mol. The van der Waals surface area contributed by atoms with Gasteiger partial charge in [-0.25, -0.2) is 0 Å². The molecule has 0 radical (unpaired) electrons. The molecule has 0 unspecified atom stereocenters. The Morgan fingerprint density at radius 2 is 2.00 bits per heavy atom. The van der Waals surface area contributed by atoms with E-state index < -0.39 is 0 Å². The van der Waals surface area contributed by atoms with Crippen LogP contribution < -0.4 is 4.74 Å². The zero-order valence-corrected chi connectivity index (χ0v) is 8.76. The van der Waals surface area contributed by atoms with Gasteiger partial charge in [-0.1, -0.05) is 32.4 Å². The van der Waals surface area contributed by atoms with Crippen molar-refractivity contribution in [3.05, 3.63) is 29.3 Å². The third-order valence-electron chi connectivity index (χ3n) is 2.27. The molecule has 0 aromatic heterocycles. The van der Waals surface area contributed by atoms with E-state index in [9.17, 15) is 0 Å². The highest BCUT2D eigenvalue weighted by atomic mass is 16.5. The van der Waals surface area contributed by atoms with E-state index >= 15 is 0 Å². The molecule has 0 spiro atoms. The maximum Gasteiger partial charge on any atom is 0.122 e. The summed E-state index contributed by atoms with van der Waals surface area (Å²) in [5, 5.41) is 0. The van der Waals surface area contributed by atoms with Crippen LogP contribution in [-0.4, -0.2) is 7.11 Å². The number of aryl methyl sites for hydroxylation is 2. The molecule has 0 saturated carbocycles. The molecule has 0 amide bonds. The summed E-state index contributed by atoms with van der Waals surface area (Å²) in [6, 6.07) is 6.52. The Balaban J connectivity index is 2.91. The minimum atomic E-state index is 1.04. The van der Waals surface area contributed by atoms with Crippen LogP contribution in [0.2, 0.25) is 0 Å². The van der Waals surface area contributed by atoms with Gasteiger partial charge in [0.25, 0.3) is 0 Å². The third kappa shape index (κ3) is 2.48. The van der Waals surface area contributed by atoms with Crippen molar-refractivity contribution in [3.8, 4) is 5.75 Å². The van der Waals surface area contributed by atoms with E-state index in [0.29, 0.717) is 0 Å². The fourth-order valence-corrected chi connectivity index (χ4v) is 1.53. The molecule has 0 aliphatic heterocycles. The lowest BCUT2D eigenvalue weighted by Gasteiger charge is -2.08. The van der Waals surface area contributed by atoms with Gasteiger partial charge in [0.15, 0.2) is 0 Å². The van der Waals surface area contributed by atoms with Gasteiger partial charge in [0.05, 0.1) is 7.11 Å². The van der Waals surface area contributed by atoms with E-state index in [-0.39, 0.29) is 0 Å². The summed E-state index contributed by atoms with van der Waals surface area (Å²) in [6.45, 7) is 4.34. The lowest BCUT2D eigenvalue weighted by molar-refractivity contribution is 0.409. The molecule has 0 bridgehead atoms. The first kappa shape index (κ1) is 10.1. The predicted molar refractivity (Wildman–Crippen MR) is 56.4 cm³/mol. The normalized spacial score (nSPS) is 10.1. The van der Waals surface area contributed by atoms with Crippen molar-refractivity contribution in [1.29, 1.82) is 0 Å². The highest BCUT2D eigenvalue weighted by molar-refractivity contribution is 5.37. The van der Waals surface area contributed by atoms with Crippen molar-refractivity contribution >= 4 is 0 Å². The second-order valence-corrected chi connectivity index (χ2v) is 3.25. The van der Waals surface area contributed by atoms with Gasteiger partial charge >= 0.3 is 0 Å². The molecule has 1 aromatic carbocycles. The summed E-state index contributed by atoms with van der Waals surface area (Å²) in [4.78, 5) is 0. The van der Waals surface area contributed by atoms with E-state index in [1.54, 1.807) is 7.11 Å². The molecular weight excluding hydrogens is 160 g/mol. The number of benzene rings is 1. The molecule has 0 saturated heterocycles. The van der Waals surface area contributed by atoms with Crippen LogP contribution in [0.4, 0.5) is 0 Å². The molecule has 1 nitrogen and oxygen atoms in total. The molecule has 0 heterocycles. The summed E-state index contributed by atoms with van der Waals surface area (Å²) in [7, 11) is 1.74. The van der Waals surface area contributed by atoms with Crippen LogP contribution >= 0.6 is 0 Å². The number of hydrogen-bond donors (Lipinski definition) is 0. The second-order valence-electron chi connectivity index (χ2n) is 3.25. The molecule has 1 rings (SSSR count). The lowest BCUT2D eigenvalue weighted by atomic mass is 10.1. The van der Waals surface area contributed by atoms with Crippen molar-refractivity contribution in [2.75, 3.05) is 7.11 Å². The van der Waals surface area contributed by atoms with Crippen LogP contribution in [0.15, 0.2) is 18.2 Å². The first-order chi connectivity index (χ1) is 6.31. The molecule has 0 aliphatic carbocycles. The van der Waals surface area contributed by atoms with Gasteiger partial charge in [-0.15, -0.1) is 0 Å². The molecule has 0 atom stereocenters. The standard InChI is InChI=1S/C12H18O/c1-4-6-10-7-8-11(5-2)12(9-10)13-3/h7-9H,4-6H2,1-3H3. The highest BCUT2D eigenvalue weighted by Gasteiger charge is 2.01. The van der Waals surface area contributed by atoms with Gasteiger partial charge in [0.2, 0.25) is 0 Å². The Morgan fingerprint density at radius 3 is 2.54 bits per heavy atom. The van der Waals surface area contributed by atoms with E-state index in [1.165, 1.54) is 17.5 Å². The molecular formula is C12H18O. The smallest absolute Gasteiger partial charge is 0.122 e. The highest BCUT2D eigenvalue weighted by Crippen LogP contribution is 2.21. The van der Waals surface area contributed by atoms with Crippen molar-refractivity contribution in [2.24, 2.45) is 0 Å². The fourth-order valence-electron chi connectivity index (χ4n) is 1.53. The van der Waals surface area contributed by atoms with Gasteiger partial charge in [0.1, 0.15) is 5.75 Å². The number of methoxy groups -OCH3 is 1. The van der Waals surface area contributed by atoms with E-state index in [2.05, 4.69) is 32.0 Å². The molecule has 0 aliphatic rings. The van der Waals surface area contributed by atoms with Gasteiger partial charge in [-0.2, -0.15) is 0 Å². The van der Waals surface area contributed by atoms with Crippen LogP contribution in [0.1, 0.15) is 31.4 Å².